The number of hydrogen-bond donors (Lipinski definition) is 2. The summed E-state index contributed by atoms with van der Waals surface area (Å²) in [5.41, 5.74) is 11.1. The van der Waals surface area contributed by atoms with E-state index in [-0.39, 0.29) is 5.82 Å². The lowest BCUT2D eigenvalue weighted by Crippen LogP contribution is -2.03. The molecule has 0 aromatic heterocycles. The predicted molar refractivity (Wildman–Crippen MR) is 78.8 cm³/mol. The van der Waals surface area contributed by atoms with Crippen molar-refractivity contribution in [3.05, 3.63) is 58.4 Å². The second-order valence-electron chi connectivity index (χ2n) is 4.97. The number of hydrogen-bond acceptors (Lipinski definition) is 2. The minimum absolute atomic E-state index is 0.118. The van der Waals surface area contributed by atoms with Crippen LogP contribution in [0, 0.1) is 26.6 Å². The molecule has 0 heterocycles. The maximum Gasteiger partial charge on any atom is 0.129 e. The Bertz CT molecular complexity index is 583. The van der Waals surface area contributed by atoms with Gasteiger partial charge < -0.3 is 11.1 Å². The third-order valence-electron chi connectivity index (χ3n) is 3.23. The molecule has 0 saturated heterocycles. The molecule has 0 radical (unpaired) electrons. The molecule has 100 valence electrons. The van der Waals surface area contributed by atoms with Crippen LogP contribution in [0.5, 0.6) is 0 Å². The predicted octanol–water partition coefficient (Wildman–Crippen LogP) is 3.95. The SMILES string of the molecule is Cc1cc(N)ccc1NCc1cc(C)c(F)c(C)c1. The van der Waals surface area contributed by atoms with E-state index in [1.165, 1.54) is 0 Å². The quantitative estimate of drug-likeness (QED) is 0.818. The first-order chi connectivity index (χ1) is 8.97. The summed E-state index contributed by atoms with van der Waals surface area (Å²) in [5.74, 6) is -0.118. The third kappa shape index (κ3) is 3.05. The van der Waals surface area contributed by atoms with Gasteiger partial charge in [-0.2, -0.15) is 0 Å². The Hall–Kier alpha value is -2.03. The molecule has 0 atom stereocenters. The lowest BCUT2D eigenvalue weighted by atomic mass is 10.1. The highest BCUT2D eigenvalue weighted by Crippen LogP contribution is 2.20. The molecule has 0 aliphatic heterocycles. The maximum atomic E-state index is 13.5. The van der Waals surface area contributed by atoms with Crippen molar-refractivity contribution in [2.75, 3.05) is 11.1 Å². The summed E-state index contributed by atoms with van der Waals surface area (Å²) in [6.45, 7) is 6.27. The summed E-state index contributed by atoms with van der Waals surface area (Å²) in [5, 5.41) is 3.35. The van der Waals surface area contributed by atoms with Crippen LogP contribution in [0.25, 0.3) is 0 Å². The highest BCUT2D eigenvalue weighted by atomic mass is 19.1. The van der Waals surface area contributed by atoms with Crippen molar-refractivity contribution in [3.8, 4) is 0 Å². The molecule has 2 aromatic rings. The number of nitrogens with one attached hydrogen (secondary N) is 1. The van der Waals surface area contributed by atoms with E-state index in [0.717, 1.165) is 22.5 Å². The molecule has 0 bridgehead atoms. The molecule has 2 rings (SSSR count). The average Bonchev–Trinajstić information content (AvgIpc) is 2.34. The molecule has 19 heavy (non-hydrogen) atoms. The number of benzene rings is 2. The summed E-state index contributed by atoms with van der Waals surface area (Å²) in [6.07, 6.45) is 0. The molecule has 0 unspecified atom stereocenters. The molecular formula is C16H19FN2. The van der Waals surface area contributed by atoms with Gasteiger partial charge in [-0.15, -0.1) is 0 Å². The van der Waals surface area contributed by atoms with Gasteiger partial charge in [0.1, 0.15) is 5.82 Å². The Kier molecular flexibility index (Phi) is 3.74. The van der Waals surface area contributed by atoms with Gasteiger partial charge >= 0.3 is 0 Å². The molecule has 3 N–H and O–H groups in total. The number of aryl methyl sites for hydroxylation is 3. The zero-order chi connectivity index (χ0) is 14.0. The Morgan fingerprint density at radius 2 is 1.63 bits per heavy atom. The zero-order valence-electron chi connectivity index (χ0n) is 11.5. The molecule has 2 nitrogen and oxygen atoms in total. The highest BCUT2D eigenvalue weighted by molar-refractivity contribution is 5.57. The molecule has 0 amide bonds. The van der Waals surface area contributed by atoms with Crippen molar-refractivity contribution in [2.24, 2.45) is 0 Å². The van der Waals surface area contributed by atoms with Crippen molar-refractivity contribution >= 4 is 11.4 Å². The second kappa shape index (κ2) is 5.31. The number of halogens is 1. The van der Waals surface area contributed by atoms with E-state index in [0.29, 0.717) is 17.7 Å². The van der Waals surface area contributed by atoms with Gasteiger partial charge in [0.05, 0.1) is 0 Å². The lowest BCUT2D eigenvalue weighted by Gasteiger charge is -2.12. The Morgan fingerprint density at radius 3 is 2.21 bits per heavy atom. The fourth-order valence-corrected chi connectivity index (χ4v) is 2.22. The molecule has 0 fully saturated rings. The zero-order valence-corrected chi connectivity index (χ0v) is 11.5. The number of nitrogen functional groups attached to an aromatic ring is 1. The van der Waals surface area contributed by atoms with Gasteiger partial charge in [0.2, 0.25) is 0 Å². The van der Waals surface area contributed by atoms with Gasteiger partial charge in [-0.3, -0.25) is 0 Å². The van der Waals surface area contributed by atoms with Crippen LogP contribution >= 0.6 is 0 Å². The van der Waals surface area contributed by atoms with Crippen LogP contribution in [-0.4, -0.2) is 0 Å². The van der Waals surface area contributed by atoms with E-state index < -0.39 is 0 Å². The van der Waals surface area contributed by atoms with Crippen LogP contribution in [0.15, 0.2) is 30.3 Å². The first-order valence-corrected chi connectivity index (χ1v) is 6.33. The van der Waals surface area contributed by atoms with Crippen molar-refractivity contribution in [2.45, 2.75) is 27.3 Å². The van der Waals surface area contributed by atoms with Crippen LogP contribution < -0.4 is 11.1 Å². The standard InChI is InChI=1S/C16H19FN2/c1-10-8-14(18)4-5-15(10)19-9-13-6-11(2)16(17)12(3)7-13/h4-8,19H,9,18H2,1-3H3. The molecule has 3 heteroatoms. The lowest BCUT2D eigenvalue weighted by molar-refractivity contribution is 0.608. The van der Waals surface area contributed by atoms with Crippen molar-refractivity contribution in [1.29, 1.82) is 0 Å². The second-order valence-corrected chi connectivity index (χ2v) is 4.97. The van der Waals surface area contributed by atoms with E-state index in [2.05, 4.69) is 5.32 Å². The minimum atomic E-state index is -0.118. The Morgan fingerprint density at radius 1 is 1.00 bits per heavy atom. The van der Waals surface area contributed by atoms with Crippen molar-refractivity contribution < 1.29 is 4.39 Å². The summed E-state index contributed by atoms with van der Waals surface area (Å²) in [6, 6.07) is 9.53. The summed E-state index contributed by atoms with van der Waals surface area (Å²) >= 11 is 0. The van der Waals surface area contributed by atoms with Gasteiger partial charge in [0.15, 0.2) is 0 Å². The van der Waals surface area contributed by atoms with Crippen LogP contribution in [0.1, 0.15) is 22.3 Å². The van der Waals surface area contributed by atoms with E-state index >= 15 is 0 Å². The first-order valence-electron chi connectivity index (χ1n) is 6.33. The Labute approximate surface area is 113 Å². The van der Waals surface area contributed by atoms with Crippen LogP contribution in [0.2, 0.25) is 0 Å². The van der Waals surface area contributed by atoms with Crippen LogP contribution in [0.4, 0.5) is 15.8 Å². The molecule has 0 saturated carbocycles. The fourth-order valence-electron chi connectivity index (χ4n) is 2.22. The summed E-state index contributed by atoms with van der Waals surface area (Å²) in [4.78, 5) is 0. The minimum Gasteiger partial charge on any atom is -0.399 e. The highest BCUT2D eigenvalue weighted by Gasteiger charge is 2.05. The van der Waals surface area contributed by atoms with Crippen molar-refractivity contribution in [1.82, 2.24) is 0 Å². The third-order valence-corrected chi connectivity index (χ3v) is 3.23. The van der Waals surface area contributed by atoms with Crippen LogP contribution in [0.3, 0.4) is 0 Å². The fraction of sp³-hybridized carbons (Fsp3) is 0.250. The van der Waals surface area contributed by atoms with Crippen LogP contribution in [-0.2, 0) is 6.54 Å². The van der Waals surface area contributed by atoms with E-state index in [4.69, 9.17) is 5.73 Å². The van der Waals surface area contributed by atoms with Gasteiger partial charge in [-0.1, -0.05) is 12.1 Å². The number of nitrogens with two attached hydrogens (primary N) is 1. The number of rotatable bonds is 3. The monoisotopic (exact) mass is 258 g/mol. The van der Waals surface area contributed by atoms with E-state index in [1.807, 2.05) is 37.3 Å². The Balaban J connectivity index is 2.14. The maximum absolute atomic E-state index is 13.5. The largest absolute Gasteiger partial charge is 0.399 e. The summed E-state index contributed by atoms with van der Waals surface area (Å²) in [7, 11) is 0. The van der Waals surface area contributed by atoms with Gasteiger partial charge in [0, 0.05) is 17.9 Å². The van der Waals surface area contributed by atoms with E-state index in [9.17, 15) is 4.39 Å². The molecule has 0 aliphatic rings. The van der Waals surface area contributed by atoms with Gasteiger partial charge in [-0.25, -0.2) is 4.39 Å². The molecule has 2 aromatic carbocycles. The normalized spacial score (nSPS) is 10.5. The van der Waals surface area contributed by atoms with Gasteiger partial charge in [-0.05, 0) is 61.2 Å². The first kappa shape index (κ1) is 13.4. The van der Waals surface area contributed by atoms with Crippen molar-refractivity contribution in [3.63, 3.8) is 0 Å². The smallest absolute Gasteiger partial charge is 0.129 e. The van der Waals surface area contributed by atoms with Gasteiger partial charge in [0.25, 0.3) is 0 Å². The molecule has 0 aliphatic carbocycles. The molecule has 0 spiro atoms. The molecular weight excluding hydrogens is 239 g/mol. The average molecular weight is 258 g/mol. The topological polar surface area (TPSA) is 38.0 Å². The summed E-state index contributed by atoms with van der Waals surface area (Å²) < 4.78 is 13.5. The number of anilines is 2. The van der Waals surface area contributed by atoms with E-state index in [1.54, 1.807) is 13.8 Å².